The maximum atomic E-state index is 12.6. The molecule has 1 fully saturated rings. The van der Waals surface area contributed by atoms with Crippen molar-refractivity contribution in [2.45, 2.75) is 45.1 Å². The first kappa shape index (κ1) is 16.2. The van der Waals surface area contributed by atoms with Crippen LogP contribution in [0.4, 0.5) is 5.69 Å². The Labute approximate surface area is 132 Å². The summed E-state index contributed by atoms with van der Waals surface area (Å²) in [5.74, 6) is 0.468. The number of anilines is 1. The van der Waals surface area contributed by atoms with Crippen molar-refractivity contribution in [2.75, 3.05) is 12.4 Å². The highest BCUT2D eigenvalue weighted by atomic mass is 35.5. The minimum Gasteiger partial charge on any atom is -0.467 e. The van der Waals surface area contributed by atoms with Gasteiger partial charge >= 0.3 is 5.97 Å². The van der Waals surface area contributed by atoms with Gasteiger partial charge in [-0.25, -0.2) is 4.79 Å². The van der Waals surface area contributed by atoms with Crippen LogP contribution in [0.3, 0.4) is 0 Å². The van der Waals surface area contributed by atoms with E-state index in [0.29, 0.717) is 10.9 Å². The van der Waals surface area contributed by atoms with Gasteiger partial charge in [-0.05, 0) is 36.8 Å². The molecule has 4 heteroatoms. The highest BCUT2D eigenvalue weighted by molar-refractivity contribution is 6.33. The summed E-state index contributed by atoms with van der Waals surface area (Å²) in [6.45, 7) is 4.34. The fourth-order valence-electron chi connectivity index (χ4n) is 3.55. The molecule has 0 aliphatic heterocycles. The Morgan fingerprint density at radius 2 is 2.10 bits per heavy atom. The Balaban J connectivity index is 2.41. The van der Waals surface area contributed by atoms with Crippen LogP contribution in [0.25, 0.3) is 0 Å². The van der Waals surface area contributed by atoms with E-state index in [1.807, 2.05) is 24.3 Å². The summed E-state index contributed by atoms with van der Waals surface area (Å²) in [5, 5.41) is 4.07. The summed E-state index contributed by atoms with van der Waals surface area (Å²) in [6, 6.07) is 7.56. The summed E-state index contributed by atoms with van der Waals surface area (Å²) in [5.41, 5.74) is 0.128. The number of methoxy groups -OCH3 is 1. The van der Waals surface area contributed by atoms with E-state index in [1.54, 1.807) is 0 Å². The molecule has 116 valence electrons. The maximum absolute atomic E-state index is 12.6. The monoisotopic (exact) mass is 309 g/mol. The van der Waals surface area contributed by atoms with Gasteiger partial charge in [0.05, 0.1) is 17.8 Å². The van der Waals surface area contributed by atoms with E-state index in [9.17, 15) is 4.79 Å². The number of esters is 1. The van der Waals surface area contributed by atoms with Gasteiger partial charge in [-0.3, -0.25) is 0 Å². The molecule has 21 heavy (non-hydrogen) atoms. The molecule has 1 aromatic rings. The molecule has 2 rings (SSSR count). The second-order valence-electron chi connectivity index (χ2n) is 6.16. The largest absolute Gasteiger partial charge is 0.467 e. The van der Waals surface area contributed by atoms with Crippen molar-refractivity contribution in [3.05, 3.63) is 29.3 Å². The van der Waals surface area contributed by atoms with Gasteiger partial charge in [-0.1, -0.05) is 50.4 Å². The zero-order valence-electron chi connectivity index (χ0n) is 13.0. The van der Waals surface area contributed by atoms with Crippen molar-refractivity contribution in [3.8, 4) is 0 Å². The molecule has 0 amide bonds. The van der Waals surface area contributed by atoms with E-state index in [1.165, 1.54) is 7.11 Å². The third kappa shape index (κ3) is 3.18. The Kier molecular flexibility index (Phi) is 5.15. The molecule has 2 unspecified atom stereocenters. The first-order valence-electron chi connectivity index (χ1n) is 7.62. The van der Waals surface area contributed by atoms with Crippen LogP contribution in [-0.4, -0.2) is 18.6 Å². The van der Waals surface area contributed by atoms with Crippen LogP contribution in [0, 0.1) is 11.8 Å². The topological polar surface area (TPSA) is 38.3 Å². The van der Waals surface area contributed by atoms with E-state index < -0.39 is 5.54 Å². The number of hydrogen-bond donors (Lipinski definition) is 1. The molecule has 1 N–H and O–H groups in total. The smallest absolute Gasteiger partial charge is 0.331 e. The lowest BCUT2D eigenvalue weighted by atomic mass is 9.67. The van der Waals surface area contributed by atoms with Crippen molar-refractivity contribution in [1.82, 2.24) is 0 Å². The highest BCUT2D eigenvalue weighted by Gasteiger charge is 2.49. The van der Waals surface area contributed by atoms with Crippen LogP contribution < -0.4 is 5.32 Å². The van der Waals surface area contributed by atoms with E-state index in [2.05, 4.69) is 19.2 Å². The summed E-state index contributed by atoms with van der Waals surface area (Å²) in [4.78, 5) is 12.6. The van der Waals surface area contributed by atoms with Crippen LogP contribution in [0.5, 0.6) is 0 Å². The predicted octanol–water partition coefficient (Wildman–Crippen LogP) is 4.51. The zero-order chi connectivity index (χ0) is 15.5. The second-order valence-corrected chi connectivity index (χ2v) is 6.57. The molecule has 0 radical (unpaired) electrons. The average molecular weight is 310 g/mol. The molecular formula is C17H24ClNO2. The number of carbonyl (C=O) groups excluding carboxylic acids is 1. The average Bonchev–Trinajstić information content (AvgIpc) is 2.49. The Bertz CT molecular complexity index is 503. The Hall–Kier alpha value is -1.22. The number of rotatable bonds is 4. The fourth-order valence-corrected chi connectivity index (χ4v) is 3.73. The lowest BCUT2D eigenvalue weighted by Crippen LogP contribution is -2.56. The van der Waals surface area contributed by atoms with Crippen LogP contribution >= 0.6 is 11.6 Å². The van der Waals surface area contributed by atoms with Gasteiger partial charge < -0.3 is 10.1 Å². The number of benzene rings is 1. The molecule has 0 heterocycles. The minimum atomic E-state index is -0.674. The molecule has 0 aromatic heterocycles. The minimum absolute atomic E-state index is 0.180. The highest BCUT2D eigenvalue weighted by Crippen LogP contribution is 2.42. The molecule has 1 aliphatic rings. The zero-order valence-corrected chi connectivity index (χ0v) is 13.7. The molecular weight excluding hydrogens is 286 g/mol. The number of nitrogens with one attached hydrogen (secondary N) is 1. The molecule has 0 spiro atoms. The normalized spacial score (nSPS) is 25.7. The molecule has 1 aromatic carbocycles. The van der Waals surface area contributed by atoms with Crippen molar-refractivity contribution >= 4 is 23.3 Å². The van der Waals surface area contributed by atoms with Crippen LogP contribution in [0.2, 0.25) is 5.02 Å². The third-order valence-electron chi connectivity index (χ3n) is 4.56. The second kappa shape index (κ2) is 6.69. The number of hydrogen-bond acceptors (Lipinski definition) is 3. The van der Waals surface area contributed by atoms with E-state index in [-0.39, 0.29) is 11.9 Å². The predicted molar refractivity (Wildman–Crippen MR) is 86.6 cm³/mol. The van der Waals surface area contributed by atoms with E-state index in [4.69, 9.17) is 16.3 Å². The molecule has 1 saturated carbocycles. The van der Waals surface area contributed by atoms with Gasteiger partial charge in [-0.15, -0.1) is 0 Å². The number of para-hydroxylation sites is 1. The van der Waals surface area contributed by atoms with Crippen LogP contribution in [0.1, 0.15) is 39.5 Å². The number of carbonyl (C=O) groups is 1. The van der Waals surface area contributed by atoms with Gasteiger partial charge in [0.2, 0.25) is 0 Å². The van der Waals surface area contributed by atoms with Crippen molar-refractivity contribution < 1.29 is 9.53 Å². The summed E-state index contributed by atoms with van der Waals surface area (Å²) in [6.07, 6.45) is 4.00. The van der Waals surface area contributed by atoms with E-state index in [0.717, 1.165) is 31.4 Å². The van der Waals surface area contributed by atoms with Crippen molar-refractivity contribution in [1.29, 1.82) is 0 Å². The quantitative estimate of drug-likeness (QED) is 0.832. The fraction of sp³-hybridized carbons (Fsp3) is 0.588. The third-order valence-corrected chi connectivity index (χ3v) is 4.88. The number of ether oxygens (including phenoxy) is 1. The Morgan fingerprint density at radius 1 is 1.38 bits per heavy atom. The molecule has 1 aliphatic carbocycles. The van der Waals surface area contributed by atoms with Crippen molar-refractivity contribution in [3.63, 3.8) is 0 Å². The number of halogens is 1. The van der Waals surface area contributed by atoms with Gasteiger partial charge in [0, 0.05) is 0 Å². The summed E-state index contributed by atoms with van der Waals surface area (Å²) in [7, 11) is 1.46. The van der Waals surface area contributed by atoms with E-state index >= 15 is 0 Å². The summed E-state index contributed by atoms with van der Waals surface area (Å²) < 4.78 is 5.14. The standard InChI is InChI=1S/C17H24ClNO2/c1-12(2)13-8-6-7-11-17(13,16(20)21-3)19-15-10-5-4-9-14(15)18/h4-5,9-10,12-13,19H,6-8,11H2,1-3H3. The molecule has 0 saturated heterocycles. The first-order chi connectivity index (χ1) is 10.0. The van der Waals surface area contributed by atoms with Gasteiger partial charge in [0.15, 0.2) is 0 Å². The molecule has 3 nitrogen and oxygen atoms in total. The SMILES string of the molecule is COC(=O)C1(Nc2ccccc2Cl)CCCCC1C(C)C. The lowest BCUT2D eigenvalue weighted by molar-refractivity contribution is -0.150. The summed E-state index contributed by atoms with van der Waals surface area (Å²) >= 11 is 6.27. The van der Waals surface area contributed by atoms with Crippen LogP contribution in [0.15, 0.2) is 24.3 Å². The van der Waals surface area contributed by atoms with Crippen LogP contribution in [-0.2, 0) is 9.53 Å². The van der Waals surface area contributed by atoms with Gasteiger partial charge in [0.25, 0.3) is 0 Å². The maximum Gasteiger partial charge on any atom is 0.331 e. The first-order valence-corrected chi connectivity index (χ1v) is 8.00. The van der Waals surface area contributed by atoms with Crippen molar-refractivity contribution in [2.24, 2.45) is 11.8 Å². The van der Waals surface area contributed by atoms with Gasteiger partial charge in [-0.2, -0.15) is 0 Å². The Morgan fingerprint density at radius 3 is 2.71 bits per heavy atom. The molecule has 0 bridgehead atoms. The molecule has 2 atom stereocenters. The lowest BCUT2D eigenvalue weighted by Gasteiger charge is -2.45. The van der Waals surface area contributed by atoms with Gasteiger partial charge in [0.1, 0.15) is 5.54 Å².